The fraction of sp³-hybridized carbons (Fsp3) is 0.533. The van der Waals surface area contributed by atoms with Gasteiger partial charge in [-0.1, -0.05) is 6.58 Å². The summed E-state index contributed by atoms with van der Waals surface area (Å²) < 4.78 is 5.16. The molecule has 0 aromatic heterocycles. The lowest BCUT2D eigenvalue weighted by atomic mass is 9.84. The molecule has 0 bridgehead atoms. The number of esters is 1. The summed E-state index contributed by atoms with van der Waals surface area (Å²) >= 11 is 0. The van der Waals surface area contributed by atoms with Crippen LogP contribution in [0.5, 0.6) is 0 Å². The summed E-state index contributed by atoms with van der Waals surface area (Å²) in [6, 6.07) is 0. The molecular formula is C15H18O6. The number of Topliss-reactive ketones (excluding diaryl/α,β-unsaturated/α-hetero) is 2. The van der Waals surface area contributed by atoms with Crippen molar-refractivity contribution in [3.05, 3.63) is 23.3 Å². The van der Waals surface area contributed by atoms with E-state index in [1.165, 1.54) is 6.92 Å². The number of hydrogen-bond acceptors (Lipinski definition) is 6. The molecule has 2 N–H and O–H groups in total. The van der Waals surface area contributed by atoms with Gasteiger partial charge in [0.1, 0.15) is 11.9 Å². The molecule has 2 rings (SSSR count). The van der Waals surface area contributed by atoms with Crippen LogP contribution in [0.1, 0.15) is 26.7 Å². The Morgan fingerprint density at radius 2 is 2.10 bits per heavy atom. The Morgan fingerprint density at radius 1 is 1.48 bits per heavy atom. The van der Waals surface area contributed by atoms with E-state index >= 15 is 0 Å². The fourth-order valence-electron chi connectivity index (χ4n) is 2.90. The summed E-state index contributed by atoms with van der Waals surface area (Å²) in [5, 5.41) is 19.9. The van der Waals surface area contributed by atoms with Gasteiger partial charge in [-0.15, -0.1) is 0 Å². The van der Waals surface area contributed by atoms with Crippen LogP contribution in [-0.2, 0) is 19.1 Å². The average molecular weight is 294 g/mol. The highest BCUT2D eigenvalue weighted by atomic mass is 16.6. The van der Waals surface area contributed by atoms with Crippen molar-refractivity contribution in [1.82, 2.24) is 0 Å². The predicted octanol–water partition coefficient (Wildman–Crippen LogP) is 0.0744. The number of carbonyl (C=O) groups excluding carboxylic acids is 3. The molecule has 1 heterocycles. The highest BCUT2D eigenvalue weighted by Crippen LogP contribution is 2.39. The van der Waals surface area contributed by atoms with Crippen molar-refractivity contribution >= 4 is 17.5 Å². The molecule has 21 heavy (non-hydrogen) atoms. The molecule has 0 saturated carbocycles. The maximum absolute atomic E-state index is 12.0. The van der Waals surface area contributed by atoms with Gasteiger partial charge >= 0.3 is 5.97 Å². The van der Waals surface area contributed by atoms with Crippen LogP contribution < -0.4 is 0 Å². The van der Waals surface area contributed by atoms with Gasteiger partial charge in [0, 0.05) is 24.0 Å². The van der Waals surface area contributed by atoms with Crippen LogP contribution in [0.4, 0.5) is 0 Å². The number of aliphatic hydroxyl groups excluding tert-OH is 2. The molecule has 1 fully saturated rings. The summed E-state index contributed by atoms with van der Waals surface area (Å²) in [6.45, 7) is 6.51. The summed E-state index contributed by atoms with van der Waals surface area (Å²) in [5.41, 5.74) is 0.692. The monoisotopic (exact) mass is 294 g/mol. The van der Waals surface area contributed by atoms with E-state index in [9.17, 15) is 24.6 Å². The molecule has 1 aliphatic heterocycles. The van der Waals surface area contributed by atoms with Crippen molar-refractivity contribution in [2.45, 2.75) is 45.0 Å². The van der Waals surface area contributed by atoms with Crippen LogP contribution in [0.25, 0.3) is 0 Å². The van der Waals surface area contributed by atoms with Gasteiger partial charge < -0.3 is 14.9 Å². The number of rotatable bonds is 4. The predicted molar refractivity (Wildman–Crippen MR) is 72.1 cm³/mol. The largest absolute Gasteiger partial charge is 0.453 e. The third-order valence-corrected chi connectivity index (χ3v) is 4.02. The zero-order chi connectivity index (χ0) is 15.9. The normalized spacial score (nSPS) is 30.9. The van der Waals surface area contributed by atoms with E-state index < -0.39 is 30.2 Å². The van der Waals surface area contributed by atoms with Crippen LogP contribution in [-0.4, -0.2) is 46.1 Å². The lowest BCUT2D eigenvalue weighted by Crippen LogP contribution is -2.33. The highest BCUT2D eigenvalue weighted by molar-refractivity contribution is 6.02. The molecule has 1 saturated heterocycles. The molecule has 2 aliphatic rings. The number of cyclic esters (lactones) is 1. The number of aliphatic hydroxyl groups is 2. The topological polar surface area (TPSA) is 101 Å². The SMILES string of the molecule is C=C1C(=O)O[C@H](C2=C(C)[C@@H](O)CC2=O)[C@H]1[C@@H](O)CC(C)=O. The molecular weight excluding hydrogens is 276 g/mol. The van der Waals surface area contributed by atoms with Gasteiger partial charge in [0.2, 0.25) is 0 Å². The molecule has 1 aliphatic carbocycles. The summed E-state index contributed by atoms with van der Waals surface area (Å²) in [5.74, 6) is -2.09. The second-order valence-corrected chi connectivity index (χ2v) is 5.59. The summed E-state index contributed by atoms with van der Waals surface area (Å²) in [7, 11) is 0. The standard InChI is InChI=1S/C15H18O6/c1-6(16)4-10(18)13-8(3)15(20)21-14(13)12-7(2)9(17)5-11(12)19/h9-10,13-14,17-18H,3-5H2,1-2H3/t9-,10-,13+,14+/m0/s1. The highest BCUT2D eigenvalue weighted by Gasteiger charge is 2.48. The Bertz CT molecular complexity index is 559. The molecule has 0 spiro atoms. The first-order valence-corrected chi connectivity index (χ1v) is 6.73. The first-order valence-electron chi connectivity index (χ1n) is 6.73. The molecule has 6 heteroatoms. The minimum Gasteiger partial charge on any atom is -0.453 e. The van der Waals surface area contributed by atoms with Gasteiger partial charge in [0.05, 0.1) is 18.1 Å². The Hall–Kier alpha value is -1.79. The van der Waals surface area contributed by atoms with Gasteiger partial charge in [-0.05, 0) is 19.4 Å². The maximum Gasteiger partial charge on any atom is 0.334 e. The van der Waals surface area contributed by atoms with E-state index in [4.69, 9.17) is 4.74 Å². The summed E-state index contributed by atoms with van der Waals surface area (Å²) in [4.78, 5) is 34.9. The van der Waals surface area contributed by atoms with E-state index in [2.05, 4.69) is 6.58 Å². The molecule has 0 aromatic rings. The van der Waals surface area contributed by atoms with Crippen LogP contribution in [0.15, 0.2) is 23.3 Å². The lowest BCUT2D eigenvalue weighted by Gasteiger charge is -2.23. The Labute approximate surface area is 122 Å². The van der Waals surface area contributed by atoms with Gasteiger partial charge in [-0.2, -0.15) is 0 Å². The number of hydrogen-bond donors (Lipinski definition) is 2. The maximum atomic E-state index is 12.0. The van der Waals surface area contributed by atoms with Crippen LogP contribution in [0.2, 0.25) is 0 Å². The zero-order valence-corrected chi connectivity index (χ0v) is 12.0. The third kappa shape index (κ3) is 2.69. The van der Waals surface area contributed by atoms with E-state index in [1.54, 1.807) is 6.92 Å². The van der Waals surface area contributed by atoms with Crippen LogP contribution in [0, 0.1) is 5.92 Å². The third-order valence-electron chi connectivity index (χ3n) is 4.02. The number of ketones is 2. The molecule has 6 nitrogen and oxygen atoms in total. The first-order chi connectivity index (χ1) is 9.73. The van der Waals surface area contributed by atoms with Gasteiger partial charge in [0.25, 0.3) is 0 Å². The van der Waals surface area contributed by atoms with Gasteiger partial charge in [-0.25, -0.2) is 4.79 Å². The quantitative estimate of drug-likeness (QED) is 0.562. The Kier molecular flexibility index (Phi) is 4.11. The van der Waals surface area contributed by atoms with E-state index in [0.717, 1.165) is 0 Å². The Morgan fingerprint density at radius 3 is 2.57 bits per heavy atom. The molecule has 0 amide bonds. The second-order valence-electron chi connectivity index (χ2n) is 5.59. The van der Waals surface area contributed by atoms with Crippen molar-refractivity contribution in [2.24, 2.45) is 5.92 Å². The number of carbonyl (C=O) groups is 3. The van der Waals surface area contributed by atoms with Gasteiger partial charge in [-0.3, -0.25) is 9.59 Å². The lowest BCUT2D eigenvalue weighted by molar-refractivity contribution is -0.138. The smallest absolute Gasteiger partial charge is 0.334 e. The van der Waals surface area contributed by atoms with Crippen molar-refractivity contribution < 1.29 is 29.3 Å². The van der Waals surface area contributed by atoms with E-state index in [-0.39, 0.29) is 35.6 Å². The fourth-order valence-corrected chi connectivity index (χ4v) is 2.90. The minimum absolute atomic E-state index is 0.0447. The first kappa shape index (κ1) is 15.6. The Balaban J connectivity index is 2.37. The second kappa shape index (κ2) is 5.54. The average Bonchev–Trinajstić information content (AvgIpc) is 2.77. The molecule has 4 atom stereocenters. The molecule has 114 valence electrons. The van der Waals surface area contributed by atoms with Gasteiger partial charge in [0.15, 0.2) is 5.78 Å². The zero-order valence-electron chi connectivity index (χ0n) is 12.0. The van der Waals surface area contributed by atoms with Crippen molar-refractivity contribution in [2.75, 3.05) is 0 Å². The van der Waals surface area contributed by atoms with E-state index in [1.807, 2.05) is 0 Å². The molecule has 0 radical (unpaired) electrons. The summed E-state index contributed by atoms with van der Waals surface area (Å²) in [6.07, 6.45) is -3.25. The van der Waals surface area contributed by atoms with Crippen molar-refractivity contribution in [1.29, 1.82) is 0 Å². The molecule has 0 aromatic carbocycles. The minimum atomic E-state index is -1.16. The van der Waals surface area contributed by atoms with E-state index in [0.29, 0.717) is 5.57 Å². The van der Waals surface area contributed by atoms with Crippen LogP contribution >= 0.6 is 0 Å². The van der Waals surface area contributed by atoms with Crippen molar-refractivity contribution in [3.63, 3.8) is 0 Å². The number of ether oxygens (including phenoxy) is 1. The van der Waals surface area contributed by atoms with Crippen LogP contribution in [0.3, 0.4) is 0 Å². The van der Waals surface area contributed by atoms with Crippen molar-refractivity contribution in [3.8, 4) is 0 Å². The molecule has 0 unspecified atom stereocenters.